The third kappa shape index (κ3) is 4.58. The van der Waals surface area contributed by atoms with Crippen LogP contribution in [0.3, 0.4) is 0 Å². The van der Waals surface area contributed by atoms with E-state index in [2.05, 4.69) is 15.2 Å². The SMILES string of the molecule is CN(Cc1cccnc1)C(=O)NC[C@H](c1ccccc1F)N1CCCC1. The van der Waals surface area contributed by atoms with Gasteiger partial charge in [-0.05, 0) is 43.6 Å². The van der Waals surface area contributed by atoms with E-state index in [4.69, 9.17) is 0 Å². The second-order valence-corrected chi connectivity index (χ2v) is 6.68. The maximum Gasteiger partial charge on any atom is 0.317 e. The van der Waals surface area contributed by atoms with Gasteiger partial charge in [0, 0.05) is 38.1 Å². The fourth-order valence-corrected chi connectivity index (χ4v) is 3.39. The molecule has 0 unspecified atom stereocenters. The van der Waals surface area contributed by atoms with Crippen LogP contribution in [-0.2, 0) is 6.54 Å². The highest BCUT2D eigenvalue weighted by Crippen LogP contribution is 2.26. The summed E-state index contributed by atoms with van der Waals surface area (Å²) >= 11 is 0. The van der Waals surface area contributed by atoms with Crippen LogP contribution in [0.5, 0.6) is 0 Å². The van der Waals surface area contributed by atoms with Gasteiger partial charge in [-0.2, -0.15) is 0 Å². The van der Waals surface area contributed by atoms with E-state index in [-0.39, 0.29) is 17.9 Å². The van der Waals surface area contributed by atoms with E-state index < -0.39 is 0 Å². The number of likely N-dealkylation sites (tertiary alicyclic amines) is 1. The summed E-state index contributed by atoms with van der Waals surface area (Å²) in [5.41, 5.74) is 1.61. The highest BCUT2D eigenvalue weighted by Gasteiger charge is 2.26. The van der Waals surface area contributed by atoms with E-state index in [1.165, 1.54) is 6.07 Å². The summed E-state index contributed by atoms with van der Waals surface area (Å²) in [6, 6.07) is 10.3. The molecule has 6 heteroatoms. The number of benzene rings is 1. The topological polar surface area (TPSA) is 48.5 Å². The number of nitrogens with one attached hydrogen (secondary N) is 1. The van der Waals surface area contributed by atoms with E-state index in [0.717, 1.165) is 31.5 Å². The summed E-state index contributed by atoms with van der Waals surface area (Å²) in [4.78, 5) is 20.4. The summed E-state index contributed by atoms with van der Waals surface area (Å²) in [5.74, 6) is -0.220. The van der Waals surface area contributed by atoms with E-state index in [1.807, 2.05) is 24.3 Å². The normalized spacial score (nSPS) is 15.6. The predicted octanol–water partition coefficient (Wildman–Crippen LogP) is 3.20. The Bertz CT molecular complexity index is 719. The van der Waals surface area contributed by atoms with Crippen LogP contribution in [0.25, 0.3) is 0 Å². The fourth-order valence-electron chi connectivity index (χ4n) is 3.39. The number of pyridine rings is 1. The van der Waals surface area contributed by atoms with Gasteiger partial charge in [0.15, 0.2) is 0 Å². The summed E-state index contributed by atoms with van der Waals surface area (Å²) < 4.78 is 14.3. The molecule has 26 heavy (non-hydrogen) atoms. The van der Waals surface area contributed by atoms with Gasteiger partial charge in [-0.25, -0.2) is 9.18 Å². The van der Waals surface area contributed by atoms with E-state index in [9.17, 15) is 9.18 Å². The van der Waals surface area contributed by atoms with Gasteiger partial charge in [-0.15, -0.1) is 0 Å². The van der Waals surface area contributed by atoms with Gasteiger partial charge in [0.05, 0.1) is 6.04 Å². The van der Waals surface area contributed by atoms with Gasteiger partial charge in [0.2, 0.25) is 0 Å². The molecule has 1 N–H and O–H groups in total. The van der Waals surface area contributed by atoms with Gasteiger partial charge >= 0.3 is 6.03 Å². The van der Waals surface area contributed by atoms with Gasteiger partial charge < -0.3 is 10.2 Å². The largest absolute Gasteiger partial charge is 0.336 e. The zero-order chi connectivity index (χ0) is 18.4. The molecule has 2 amide bonds. The Morgan fingerprint density at radius 1 is 1.27 bits per heavy atom. The Kier molecular flexibility index (Phi) is 6.17. The minimum Gasteiger partial charge on any atom is -0.336 e. The number of hydrogen-bond donors (Lipinski definition) is 1. The molecule has 0 aliphatic carbocycles. The molecule has 1 saturated heterocycles. The average molecular weight is 356 g/mol. The molecule has 2 heterocycles. The predicted molar refractivity (Wildman–Crippen MR) is 99.1 cm³/mol. The highest BCUT2D eigenvalue weighted by atomic mass is 19.1. The maximum absolute atomic E-state index is 14.3. The highest BCUT2D eigenvalue weighted by molar-refractivity contribution is 5.73. The van der Waals surface area contributed by atoms with Crippen LogP contribution in [-0.4, -0.2) is 47.5 Å². The second-order valence-electron chi connectivity index (χ2n) is 6.68. The summed E-state index contributed by atoms with van der Waals surface area (Å²) in [7, 11) is 1.75. The number of rotatable bonds is 6. The molecule has 1 atom stereocenters. The number of amides is 2. The Morgan fingerprint density at radius 2 is 2.04 bits per heavy atom. The smallest absolute Gasteiger partial charge is 0.317 e. The molecule has 1 aromatic heterocycles. The van der Waals surface area contributed by atoms with Crippen molar-refractivity contribution in [2.45, 2.75) is 25.4 Å². The van der Waals surface area contributed by atoms with Crippen molar-refractivity contribution in [3.05, 3.63) is 65.7 Å². The van der Waals surface area contributed by atoms with Crippen LogP contribution >= 0.6 is 0 Å². The van der Waals surface area contributed by atoms with Crippen molar-refractivity contribution in [1.29, 1.82) is 0 Å². The molecule has 1 aromatic carbocycles. The molecule has 138 valence electrons. The van der Waals surface area contributed by atoms with Crippen LogP contribution in [0.15, 0.2) is 48.8 Å². The number of aromatic nitrogens is 1. The Morgan fingerprint density at radius 3 is 2.73 bits per heavy atom. The lowest BCUT2D eigenvalue weighted by molar-refractivity contribution is 0.194. The van der Waals surface area contributed by atoms with Crippen molar-refractivity contribution in [1.82, 2.24) is 20.1 Å². The molecule has 0 saturated carbocycles. The summed E-state index contributed by atoms with van der Waals surface area (Å²) in [6.07, 6.45) is 5.68. The van der Waals surface area contributed by atoms with Crippen molar-refractivity contribution < 1.29 is 9.18 Å². The molecule has 1 aliphatic rings. The molecule has 2 aromatic rings. The standard InChI is InChI=1S/C20H25FN4O/c1-24(15-16-7-6-10-22-13-16)20(26)23-14-19(25-11-4-5-12-25)17-8-2-3-9-18(17)21/h2-3,6-10,13,19H,4-5,11-12,14-15H2,1H3,(H,23,26)/t19-/m1/s1. The molecule has 5 nitrogen and oxygen atoms in total. The van der Waals surface area contributed by atoms with Gasteiger partial charge in [0.25, 0.3) is 0 Å². The number of urea groups is 1. The number of carbonyl (C=O) groups is 1. The Hall–Kier alpha value is -2.47. The quantitative estimate of drug-likeness (QED) is 0.865. The minimum atomic E-state index is -0.220. The lowest BCUT2D eigenvalue weighted by atomic mass is 10.0. The lowest BCUT2D eigenvalue weighted by Gasteiger charge is -2.29. The van der Waals surface area contributed by atoms with Gasteiger partial charge in [-0.1, -0.05) is 24.3 Å². The second kappa shape index (κ2) is 8.76. The Balaban J connectivity index is 1.63. The zero-order valence-corrected chi connectivity index (χ0v) is 15.1. The fraction of sp³-hybridized carbons (Fsp3) is 0.400. The van der Waals surface area contributed by atoms with Crippen molar-refractivity contribution in [2.75, 3.05) is 26.7 Å². The first kappa shape index (κ1) is 18.3. The summed E-state index contributed by atoms with van der Waals surface area (Å²) in [5, 5.41) is 2.96. The van der Waals surface area contributed by atoms with Crippen molar-refractivity contribution >= 4 is 6.03 Å². The molecule has 0 radical (unpaired) electrons. The molecular formula is C20H25FN4O. The lowest BCUT2D eigenvalue weighted by Crippen LogP contribution is -2.42. The van der Waals surface area contributed by atoms with Crippen molar-refractivity contribution in [2.24, 2.45) is 0 Å². The minimum absolute atomic E-state index is 0.144. The first-order chi connectivity index (χ1) is 12.6. The number of nitrogens with zero attached hydrogens (tertiary/aromatic N) is 3. The molecule has 1 aliphatic heterocycles. The van der Waals surface area contributed by atoms with Crippen molar-refractivity contribution in [3.63, 3.8) is 0 Å². The van der Waals surface area contributed by atoms with E-state index in [1.54, 1.807) is 30.4 Å². The van der Waals surface area contributed by atoms with Gasteiger partial charge in [0.1, 0.15) is 5.82 Å². The number of halogens is 1. The molecule has 0 spiro atoms. The van der Waals surface area contributed by atoms with Crippen LogP contribution < -0.4 is 5.32 Å². The van der Waals surface area contributed by atoms with E-state index >= 15 is 0 Å². The third-order valence-electron chi connectivity index (χ3n) is 4.78. The molecule has 0 bridgehead atoms. The molecule has 3 rings (SSSR count). The monoisotopic (exact) mass is 356 g/mol. The van der Waals surface area contributed by atoms with Gasteiger partial charge in [-0.3, -0.25) is 9.88 Å². The Labute approximate surface area is 153 Å². The first-order valence-corrected chi connectivity index (χ1v) is 9.01. The van der Waals surface area contributed by atoms with E-state index in [0.29, 0.717) is 18.7 Å². The average Bonchev–Trinajstić information content (AvgIpc) is 3.18. The van der Waals surface area contributed by atoms with Crippen LogP contribution in [0.1, 0.15) is 30.0 Å². The van der Waals surface area contributed by atoms with Crippen LogP contribution in [0.2, 0.25) is 0 Å². The third-order valence-corrected chi connectivity index (χ3v) is 4.78. The number of carbonyl (C=O) groups excluding carboxylic acids is 1. The van der Waals surface area contributed by atoms with Crippen molar-refractivity contribution in [3.8, 4) is 0 Å². The van der Waals surface area contributed by atoms with Crippen LogP contribution in [0, 0.1) is 5.82 Å². The first-order valence-electron chi connectivity index (χ1n) is 9.01. The van der Waals surface area contributed by atoms with Crippen LogP contribution in [0.4, 0.5) is 9.18 Å². The number of hydrogen-bond acceptors (Lipinski definition) is 3. The zero-order valence-electron chi connectivity index (χ0n) is 15.1. The molecule has 1 fully saturated rings. The molecular weight excluding hydrogens is 331 g/mol. The maximum atomic E-state index is 14.3. The summed E-state index contributed by atoms with van der Waals surface area (Å²) in [6.45, 7) is 2.73.